The van der Waals surface area contributed by atoms with Crippen LogP contribution < -0.4 is 5.73 Å². The van der Waals surface area contributed by atoms with Gasteiger partial charge in [-0.25, -0.2) is 0 Å². The van der Waals surface area contributed by atoms with Crippen molar-refractivity contribution in [2.75, 3.05) is 26.3 Å². The summed E-state index contributed by atoms with van der Waals surface area (Å²) in [4.78, 5) is 14.8. The zero-order valence-electron chi connectivity index (χ0n) is 15.1. The van der Waals surface area contributed by atoms with Crippen molar-refractivity contribution in [1.29, 1.82) is 0 Å². The van der Waals surface area contributed by atoms with Crippen molar-refractivity contribution < 1.29 is 13.9 Å². The number of hydrogen-bond acceptors (Lipinski definition) is 5. The molecular weight excluding hydrogens is 320 g/mol. The first-order valence-corrected chi connectivity index (χ1v) is 8.73. The fourth-order valence-corrected chi connectivity index (χ4v) is 3.29. The third-order valence-electron chi connectivity index (χ3n) is 4.55. The van der Waals surface area contributed by atoms with Crippen LogP contribution in [0.5, 0.6) is 0 Å². The van der Waals surface area contributed by atoms with E-state index in [4.69, 9.17) is 14.9 Å². The molecule has 1 aliphatic heterocycles. The quantitative estimate of drug-likeness (QED) is 0.805. The van der Waals surface area contributed by atoms with Crippen LogP contribution in [-0.4, -0.2) is 52.9 Å². The van der Waals surface area contributed by atoms with Crippen LogP contribution in [-0.2, 0) is 11.3 Å². The van der Waals surface area contributed by atoms with Crippen molar-refractivity contribution in [3.05, 3.63) is 41.1 Å². The summed E-state index contributed by atoms with van der Waals surface area (Å²) in [5.41, 5.74) is 7.68. The standard InChI is InChI=1S/C18H26N4O3/c1-4-24-8-7-22-16(9-12(2)20-22)18(23)21-10-14(15(19)11-21)17-6-5-13(3)25-17/h5-6,9,14-15H,4,7-8,10-11,19H2,1-3H3/t14-,15-/m0/s1. The van der Waals surface area contributed by atoms with Crippen molar-refractivity contribution >= 4 is 5.91 Å². The SMILES string of the molecule is CCOCCn1nc(C)cc1C(=O)N1C[C@H](c2ccc(C)o2)[C@@H](N)C1. The molecule has 1 amide bonds. The molecule has 0 unspecified atom stereocenters. The maximum atomic E-state index is 13.0. The number of furan rings is 1. The highest BCUT2D eigenvalue weighted by Gasteiger charge is 2.37. The van der Waals surface area contributed by atoms with Gasteiger partial charge in [-0.1, -0.05) is 0 Å². The van der Waals surface area contributed by atoms with Gasteiger partial charge in [-0.15, -0.1) is 0 Å². The summed E-state index contributed by atoms with van der Waals surface area (Å²) in [6.07, 6.45) is 0. The molecule has 2 aromatic heterocycles. The molecule has 0 radical (unpaired) electrons. The Kier molecular flexibility index (Phi) is 5.24. The van der Waals surface area contributed by atoms with E-state index in [0.29, 0.717) is 38.5 Å². The minimum Gasteiger partial charge on any atom is -0.466 e. The lowest BCUT2D eigenvalue weighted by Crippen LogP contribution is -2.33. The van der Waals surface area contributed by atoms with Crippen molar-refractivity contribution in [1.82, 2.24) is 14.7 Å². The second-order valence-electron chi connectivity index (χ2n) is 6.52. The fourth-order valence-electron chi connectivity index (χ4n) is 3.29. The average Bonchev–Trinajstić information content (AvgIpc) is 3.26. The van der Waals surface area contributed by atoms with E-state index in [1.165, 1.54) is 0 Å². The summed E-state index contributed by atoms with van der Waals surface area (Å²) in [6, 6.07) is 5.57. The minimum absolute atomic E-state index is 0.0264. The van der Waals surface area contributed by atoms with E-state index in [0.717, 1.165) is 17.2 Å². The van der Waals surface area contributed by atoms with E-state index in [1.807, 2.05) is 39.0 Å². The van der Waals surface area contributed by atoms with Crippen LogP contribution in [0.2, 0.25) is 0 Å². The maximum absolute atomic E-state index is 13.0. The van der Waals surface area contributed by atoms with Gasteiger partial charge < -0.3 is 19.8 Å². The zero-order valence-corrected chi connectivity index (χ0v) is 15.1. The lowest BCUT2D eigenvalue weighted by atomic mass is 10.0. The largest absolute Gasteiger partial charge is 0.466 e. The van der Waals surface area contributed by atoms with Gasteiger partial charge in [0.2, 0.25) is 0 Å². The Hall–Kier alpha value is -2.12. The molecule has 1 aliphatic rings. The number of aromatic nitrogens is 2. The normalized spacial score (nSPS) is 20.4. The molecule has 3 heterocycles. The van der Waals surface area contributed by atoms with E-state index in [1.54, 1.807) is 9.58 Å². The molecule has 2 N–H and O–H groups in total. The van der Waals surface area contributed by atoms with Gasteiger partial charge in [-0.05, 0) is 39.0 Å². The second-order valence-corrected chi connectivity index (χ2v) is 6.52. The Balaban J connectivity index is 1.73. The number of carbonyl (C=O) groups is 1. The molecule has 0 aromatic carbocycles. The van der Waals surface area contributed by atoms with Crippen LogP contribution in [0.4, 0.5) is 0 Å². The molecule has 0 bridgehead atoms. The second kappa shape index (κ2) is 7.41. The molecule has 0 aliphatic carbocycles. The average molecular weight is 346 g/mol. The molecule has 1 fully saturated rings. The summed E-state index contributed by atoms with van der Waals surface area (Å²) in [6.45, 7) is 8.55. The predicted octanol–water partition coefficient (Wildman–Crippen LogP) is 1.70. The van der Waals surface area contributed by atoms with Gasteiger partial charge in [-0.3, -0.25) is 9.48 Å². The summed E-state index contributed by atoms with van der Waals surface area (Å²) >= 11 is 0. The third-order valence-corrected chi connectivity index (χ3v) is 4.55. The van der Waals surface area contributed by atoms with Crippen LogP contribution in [0.25, 0.3) is 0 Å². The summed E-state index contributed by atoms with van der Waals surface area (Å²) in [7, 11) is 0. The van der Waals surface area contributed by atoms with Gasteiger partial charge in [0.25, 0.3) is 5.91 Å². The monoisotopic (exact) mass is 346 g/mol. The lowest BCUT2D eigenvalue weighted by Gasteiger charge is -2.16. The Morgan fingerprint density at radius 2 is 2.20 bits per heavy atom. The molecule has 2 aromatic rings. The Morgan fingerprint density at radius 3 is 2.88 bits per heavy atom. The maximum Gasteiger partial charge on any atom is 0.272 e. The number of rotatable bonds is 6. The van der Waals surface area contributed by atoms with E-state index >= 15 is 0 Å². The number of ether oxygens (including phenoxy) is 1. The number of nitrogens with zero attached hydrogens (tertiary/aromatic N) is 3. The topological polar surface area (TPSA) is 86.5 Å². The molecule has 0 spiro atoms. The van der Waals surface area contributed by atoms with Crippen LogP contribution >= 0.6 is 0 Å². The summed E-state index contributed by atoms with van der Waals surface area (Å²) in [5, 5.41) is 4.41. The zero-order chi connectivity index (χ0) is 18.0. The molecule has 7 nitrogen and oxygen atoms in total. The van der Waals surface area contributed by atoms with E-state index in [-0.39, 0.29) is 17.9 Å². The van der Waals surface area contributed by atoms with E-state index < -0.39 is 0 Å². The van der Waals surface area contributed by atoms with Crippen LogP contribution in [0.3, 0.4) is 0 Å². The number of carbonyl (C=O) groups excluding carboxylic acids is 1. The Morgan fingerprint density at radius 1 is 1.40 bits per heavy atom. The molecule has 0 saturated carbocycles. The van der Waals surface area contributed by atoms with Crippen LogP contribution in [0.1, 0.15) is 40.5 Å². The van der Waals surface area contributed by atoms with E-state index in [9.17, 15) is 4.79 Å². The van der Waals surface area contributed by atoms with Crippen molar-refractivity contribution in [3.8, 4) is 0 Å². The molecular formula is C18H26N4O3. The fraction of sp³-hybridized carbons (Fsp3) is 0.556. The number of nitrogens with two attached hydrogens (primary N) is 1. The Bertz CT molecular complexity index is 737. The first kappa shape index (κ1) is 17.7. The molecule has 25 heavy (non-hydrogen) atoms. The lowest BCUT2D eigenvalue weighted by molar-refractivity contribution is 0.0770. The number of hydrogen-bond donors (Lipinski definition) is 1. The summed E-state index contributed by atoms with van der Waals surface area (Å²) < 4.78 is 12.8. The number of amides is 1. The van der Waals surface area contributed by atoms with Gasteiger partial charge >= 0.3 is 0 Å². The molecule has 1 saturated heterocycles. The van der Waals surface area contributed by atoms with Crippen LogP contribution in [0, 0.1) is 13.8 Å². The van der Waals surface area contributed by atoms with Gasteiger partial charge in [0.1, 0.15) is 17.2 Å². The third kappa shape index (κ3) is 3.77. The highest BCUT2D eigenvalue weighted by atomic mass is 16.5. The van der Waals surface area contributed by atoms with Crippen LogP contribution in [0.15, 0.2) is 22.6 Å². The molecule has 136 valence electrons. The molecule has 2 atom stereocenters. The minimum atomic E-state index is -0.129. The predicted molar refractivity (Wildman–Crippen MR) is 93.5 cm³/mol. The van der Waals surface area contributed by atoms with Crippen molar-refractivity contribution in [2.45, 2.75) is 39.3 Å². The summed E-state index contributed by atoms with van der Waals surface area (Å²) in [5.74, 6) is 1.69. The highest BCUT2D eigenvalue weighted by molar-refractivity contribution is 5.93. The van der Waals surface area contributed by atoms with Gasteiger partial charge in [0.05, 0.1) is 24.8 Å². The number of likely N-dealkylation sites (tertiary alicyclic amines) is 1. The van der Waals surface area contributed by atoms with Crippen molar-refractivity contribution in [3.63, 3.8) is 0 Å². The number of aryl methyl sites for hydroxylation is 2. The van der Waals surface area contributed by atoms with Crippen molar-refractivity contribution in [2.24, 2.45) is 5.73 Å². The first-order valence-electron chi connectivity index (χ1n) is 8.73. The van der Waals surface area contributed by atoms with E-state index in [2.05, 4.69) is 5.10 Å². The molecule has 7 heteroatoms. The highest BCUT2D eigenvalue weighted by Crippen LogP contribution is 2.29. The van der Waals surface area contributed by atoms with Gasteiger partial charge in [0.15, 0.2) is 0 Å². The molecule has 3 rings (SSSR count). The van der Waals surface area contributed by atoms with Gasteiger partial charge in [-0.2, -0.15) is 5.10 Å². The van der Waals surface area contributed by atoms with Gasteiger partial charge in [0, 0.05) is 25.7 Å². The first-order chi connectivity index (χ1) is 12.0. The Labute approximate surface area is 147 Å². The smallest absolute Gasteiger partial charge is 0.272 e.